The van der Waals surface area contributed by atoms with Gasteiger partial charge in [-0.1, -0.05) is 35.9 Å². The van der Waals surface area contributed by atoms with Gasteiger partial charge < -0.3 is 15.3 Å². The summed E-state index contributed by atoms with van der Waals surface area (Å²) in [5.41, 5.74) is 4.55. The van der Waals surface area contributed by atoms with Crippen molar-refractivity contribution >= 4 is 11.7 Å². The molecular formula is C23H22N6O2. The molecule has 0 fully saturated rings. The second-order valence-corrected chi connectivity index (χ2v) is 7.58. The third kappa shape index (κ3) is 4.52. The molecule has 31 heavy (non-hydrogen) atoms. The maximum Gasteiger partial charge on any atom is 0.259 e. The SMILES string of the molecule is Cc1cccc(CC(CO)Nc2ncncc2C(=O)N2Cc3ccc(C#N)nc3C2)c1. The van der Waals surface area contributed by atoms with Crippen LogP contribution in [0, 0.1) is 18.3 Å². The fourth-order valence-electron chi connectivity index (χ4n) is 3.71. The maximum atomic E-state index is 13.2. The van der Waals surface area contributed by atoms with Crippen LogP contribution in [-0.4, -0.2) is 43.5 Å². The number of aromatic nitrogens is 3. The number of hydrogen-bond acceptors (Lipinski definition) is 7. The summed E-state index contributed by atoms with van der Waals surface area (Å²) < 4.78 is 0. The van der Waals surface area contributed by atoms with Gasteiger partial charge in [0.2, 0.25) is 0 Å². The lowest BCUT2D eigenvalue weighted by molar-refractivity contribution is 0.0750. The number of aliphatic hydroxyl groups is 1. The zero-order valence-electron chi connectivity index (χ0n) is 17.1. The van der Waals surface area contributed by atoms with E-state index < -0.39 is 0 Å². The van der Waals surface area contributed by atoms with E-state index in [0.717, 1.165) is 22.4 Å². The highest BCUT2D eigenvalue weighted by atomic mass is 16.3. The van der Waals surface area contributed by atoms with Crippen LogP contribution in [-0.2, 0) is 19.5 Å². The van der Waals surface area contributed by atoms with E-state index in [9.17, 15) is 9.90 Å². The van der Waals surface area contributed by atoms with Crippen LogP contribution in [0.2, 0.25) is 0 Å². The van der Waals surface area contributed by atoms with E-state index in [4.69, 9.17) is 5.26 Å². The highest BCUT2D eigenvalue weighted by Crippen LogP contribution is 2.25. The Kier molecular flexibility index (Phi) is 5.87. The minimum absolute atomic E-state index is 0.110. The van der Waals surface area contributed by atoms with Crippen LogP contribution < -0.4 is 5.32 Å². The molecule has 4 rings (SSSR count). The number of aryl methyl sites for hydroxylation is 1. The van der Waals surface area contributed by atoms with Gasteiger partial charge in [-0.15, -0.1) is 0 Å². The third-order valence-electron chi connectivity index (χ3n) is 5.24. The van der Waals surface area contributed by atoms with Crippen molar-refractivity contribution in [3.63, 3.8) is 0 Å². The maximum absolute atomic E-state index is 13.2. The molecular weight excluding hydrogens is 392 g/mol. The van der Waals surface area contributed by atoms with Gasteiger partial charge in [-0.25, -0.2) is 15.0 Å². The number of carbonyl (C=O) groups is 1. The first-order valence-electron chi connectivity index (χ1n) is 9.98. The molecule has 0 spiro atoms. The molecule has 0 saturated heterocycles. The summed E-state index contributed by atoms with van der Waals surface area (Å²) in [4.78, 5) is 27.4. The molecule has 3 aromatic rings. The molecule has 0 bridgehead atoms. The van der Waals surface area contributed by atoms with Crippen molar-refractivity contribution in [3.8, 4) is 6.07 Å². The highest BCUT2D eigenvalue weighted by molar-refractivity contribution is 5.98. The second-order valence-electron chi connectivity index (χ2n) is 7.58. The van der Waals surface area contributed by atoms with Gasteiger partial charge in [0.05, 0.1) is 24.9 Å². The molecule has 8 nitrogen and oxygen atoms in total. The average Bonchev–Trinajstić information content (AvgIpc) is 3.22. The summed E-state index contributed by atoms with van der Waals surface area (Å²) in [6.45, 7) is 2.65. The molecule has 0 aliphatic carbocycles. The van der Waals surface area contributed by atoms with Crippen LogP contribution in [0.5, 0.6) is 0 Å². The molecule has 1 aromatic carbocycles. The number of carbonyl (C=O) groups excluding carboxylic acids is 1. The van der Waals surface area contributed by atoms with Gasteiger partial charge in [0.25, 0.3) is 5.91 Å². The first-order chi connectivity index (χ1) is 15.1. The lowest BCUT2D eigenvalue weighted by Gasteiger charge is -2.21. The van der Waals surface area contributed by atoms with E-state index in [1.807, 2.05) is 37.3 Å². The van der Waals surface area contributed by atoms with Crippen LogP contribution in [0.4, 0.5) is 5.82 Å². The zero-order valence-corrected chi connectivity index (χ0v) is 17.1. The number of nitrogens with zero attached hydrogens (tertiary/aromatic N) is 5. The lowest BCUT2D eigenvalue weighted by Crippen LogP contribution is -2.31. The Morgan fingerprint density at radius 1 is 1.32 bits per heavy atom. The van der Waals surface area contributed by atoms with Gasteiger partial charge in [0, 0.05) is 12.7 Å². The fraction of sp³-hybridized carbons (Fsp3) is 0.261. The van der Waals surface area contributed by atoms with Crippen LogP contribution in [0.15, 0.2) is 48.9 Å². The van der Waals surface area contributed by atoms with E-state index in [1.54, 1.807) is 11.0 Å². The van der Waals surface area contributed by atoms with Gasteiger partial charge in [-0.05, 0) is 30.5 Å². The summed E-state index contributed by atoms with van der Waals surface area (Å²) >= 11 is 0. The largest absolute Gasteiger partial charge is 0.394 e. The van der Waals surface area contributed by atoms with E-state index in [1.165, 1.54) is 12.5 Å². The molecule has 3 heterocycles. The van der Waals surface area contributed by atoms with Crippen molar-refractivity contribution in [3.05, 3.63) is 82.6 Å². The van der Waals surface area contributed by atoms with Gasteiger partial charge in [-0.3, -0.25) is 4.79 Å². The van der Waals surface area contributed by atoms with Crippen molar-refractivity contribution in [2.45, 2.75) is 32.5 Å². The monoisotopic (exact) mass is 414 g/mol. The predicted molar refractivity (Wildman–Crippen MR) is 114 cm³/mol. The quantitative estimate of drug-likeness (QED) is 0.635. The number of fused-ring (bicyclic) bond motifs is 1. The Labute approximate surface area is 180 Å². The first kappa shape index (κ1) is 20.4. The van der Waals surface area contributed by atoms with Crippen LogP contribution in [0.3, 0.4) is 0 Å². The molecule has 8 heteroatoms. The van der Waals surface area contributed by atoms with E-state index in [0.29, 0.717) is 36.6 Å². The number of aliphatic hydroxyl groups excluding tert-OH is 1. The Morgan fingerprint density at radius 3 is 2.97 bits per heavy atom. The van der Waals surface area contributed by atoms with Crippen molar-refractivity contribution < 1.29 is 9.90 Å². The number of anilines is 1. The highest BCUT2D eigenvalue weighted by Gasteiger charge is 2.28. The van der Waals surface area contributed by atoms with Crippen molar-refractivity contribution in [1.29, 1.82) is 5.26 Å². The molecule has 0 saturated carbocycles. The van der Waals surface area contributed by atoms with Crippen LogP contribution >= 0.6 is 0 Å². The smallest absolute Gasteiger partial charge is 0.259 e. The van der Waals surface area contributed by atoms with Gasteiger partial charge in [0.15, 0.2) is 0 Å². The summed E-state index contributed by atoms with van der Waals surface area (Å²) in [6, 6.07) is 13.3. The normalized spacial score (nSPS) is 13.4. The number of nitrogens with one attached hydrogen (secondary N) is 1. The van der Waals surface area contributed by atoms with Crippen LogP contribution in [0.1, 0.15) is 38.4 Å². The molecule has 0 radical (unpaired) electrons. The Bertz CT molecular complexity index is 1160. The summed E-state index contributed by atoms with van der Waals surface area (Å²) in [6.07, 6.45) is 3.45. The number of rotatable bonds is 6. The standard InChI is InChI=1S/C23H22N6O2/c1-15-3-2-4-16(7-15)8-19(13-30)28-22-20(10-25-14-26-22)23(31)29-11-17-5-6-18(9-24)27-21(17)12-29/h2-7,10,14,19,30H,8,11-13H2,1H3,(H,25,26,28). The molecule has 1 aliphatic rings. The fourth-order valence-corrected chi connectivity index (χ4v) is 3.71. The summed E-state index contributed by atoms with van der Waals surface area (Å²) in [5, 5.41) is 22.1. The number of amides is 1. The predicted octanol–water partition coefficient (Wildman–Crippen LogP) is 2.22. The van der Waals surface area contributed by atoms with Gasteiger partial charge in [-0.2, -0.15) is 5.26 Å². The number of pyridine rings is 1. The molecule has 2 N–H and O–H groups in total. The number of benzene rings is 1. The lowest BCUT2D eigenvalue weighted by atomic mass is 10.0. The third-order valence-corrected chi connectivity index (χ3v) is 5.24. The Balaban J connectivity index is 1.51. The number of nitriles is 1. The van der Waals surface area contributed by atoms with Crippen molar-refractivity contribution in [2.24, 2.45) is 0 Å². The van der Waals surface area contributed by atoms with Gasteiger partial charge >= 0.3 is 0 Å². The molecule has 1 atom stereocenters. The summed E-state index contributed by atoms with van der Waals surface area (Å²) in [5.74, 6) is 0.153. The molecule has 2 aromatic heterocycles. The van der Waals surface area contributed by atoms with Crippen molar-refractivity contribution in [2.75, 3.05) is 11.9 Å². The average molecular weight is 414 g/mol. The Morgan fingerprint density at radius 2 is 2.19 bits per heavy atom. The van der Waals surface area contributed by atoms with Crippen LogP contribution in [0.25, 0.3) is 0 Å². The summed E-state index contributed by atoms with van der Waals surface area (Å²) in [7, 11) is 0. The molecule has 1 unspecified atom stereocenters. The molecule has 1 aliphatic heterocycles. The van der Waals surface area contributed by atoms with Gasteiger partial charge in [0.1, 0.15) is 29.5 Å². The molecule has 1 amide bonds. The second kappa shape index (κ2) is 8.90. The van der Waals surface area contributed by atoms with E-state index in [2.05, 4.69) is 26.3 Å². The van der Waals surface area contributed by atoms with Crippen molar-refractivity contribution in [1.82, 2.24) is 19.9 Å². The molecule has 156 valence electrons. The first-order valence-corrected chi connectivity index (χ1v) is 9.98. The van der Waals surface area contributed by atoms with E-state index >= 15 is 0 Å². The Hall–Kier alpha value is -3.83. The zero-order chi connectivity index (χ0) is 21.8. The number of hydrogen-bond donors (Lipinski definition) is 2. The topological polar surface area (TPSA) is 115 Å². The van der Waals surface area contributed by atoms with E-state index in [-0.39, 0.29) is 18.6 Å². The minimum Gasteiger partial charge on any atom is -0.394 e. The minimum atomic E-state index is -0.307.